The van der Waals surface area contributed by atoms with Crippen molar-refractivity contribution in [3.63, 3.8) is 0 Å². The Balaban J connectivity index is 1.82. The van der Waals surface area contributed by atoms with Crippen LogP contribution in [0.4, 0.5) is 0 Å². The van der Waals surface area contributed by atoms with Crippen molar-refractivity contribution >= 4 is 21.8 Å². The molecule has 0 saturated carbocycles. The number of benzene rings is 1. The quantitative estimate of drug-likeness (QED) is 0.544. The van der Waals surface area contributed by atoms with E-state index in [1.807, 2.05) is 32.9 Å². The largest absolute Gasteiger partial charge is 0.351 e. The van der Waals surface area contributed by atoms with Crippen molar-refractivity contribution in [2.24, 2.45) is 0 Å². The van der Waals surface area contributed by atoms with E-state index in [4.69, 9.17) is 9.47 Å². The zero-order valence-corrected chi connectivity index (χ0v) is 17.6. The molecule has 1 aromatic heterocycles. The second kappa shape index (κ2) is 11.2. The first-order valence-electron chi connectivity index (χ1n) is 9.20. The first-order valence-corrected chi connectivity index (χ1v) is 9.99. The summed E-state index contributed by atoms with van der Waals surface area (Å²) in [5, 5.41) is 10.9. The van der Waals surface area contributed by atoms with Gasteiger partial charge in [-0.1, -0.05) is 33.3 Å². The van der Waals surface area contributed by atoms with Gasteiger partial charge >= 0.3 is 0 Å². The average Bonchev–Trinajstić information content (AvgIpc) is 3.10. The fourth-order valence-corrected chi connectivity index (χ4v) is 2.84. The minimum absolute atomic E-state index is 0.0332. The third-order valence-electron chi connectivity index (χ3n) is 3.97. The molecule has 1 aromatic carbocycles. The molecule has 27 heavy (non-hydrogen) atoms. The number of nitrogens with zero attached hydrogens (tertiary/aromatic N) is 3. The molecule has 0 saturated heterocycles. The van der Waals surface area contributed by atoms with Crippen LogP contribution in [0.25, 0.3) is 0 Å². The van der Waals surface area contributed by atoms with E-state index in [0.29, 0.717) is 19.8 Å². The maximum atomic E-state index is 12.4. The minimum Gasteiger partial charge on any atom is -0.351 e. The van der Waals surface area contributed by atoms with E-state index in [9.17, 15) is 4.79 Å². The molecule has 1 N–H and O–H groups in total. The number of amides is 1. The van der Waals surface area contributed by atoms with Crippen molar-refractivity contribution < 1.29 is 14.3 Å². The van der Waals surface area contributed by atoms with E-state index >= 15 is 0 Å². The van der Waals surface area contributed by atoms with Gasteiger partial charge in [-0.15, -0.1) is 5.10 Å². The molecule has 1 amide bonds. The third kappa shape index (κ3) is 7.40. The number of carbonyl (C=O) groups excluding carboxylic acids is 1. The highest BCUT2D eigenvalue weighted by Gasteiger charge is 2.16. The molecule has 8 heteroatoms. The highest BCUT2D eigenvalue weighted by molar-refractivity contribution is 9.10. The number of hydrogen-bond donors (Lipinski definition) is 1. The Morgan fingerprint density at radius 1 is 1.22 bits per heavy atom. The summed E-state index contributed by atoms with van der Waals surface area (Å²) < 4.78 is 13.6. The maximum absolute atomic E-state index is 12.4. The van der Waals surface area contributed by atoms with E-state index in [1.54, 1.807) is 10.9 Å². The molecule has 0 aliphatic rings. The Hall–Kier alpha value is -1.77. The number of rotatable bonds is 11. The summed E-state index contributed by atoms with van der Waals surface area (Å²) in [4.78, 5) is 12.4. The number of nitrogens with one attached hydrogen (secondary N) is 1. The fraction of sp³-hybridized carbons (Fsp3) is 0.526. The summed E-state index contributed by atoms with van der Waals surface area (Å²) in [6.45, 7) is 7.28. The zero-order valence-electron chi connectivity index (χ0n) is 16.0. The summed E-state index contributed by atoms with van der Waals surface area (Å²) in [6, 6.07) is 8.24. The van der Waals surface area contributed by atoms with E-state index in [0.717, 1.165) is 17.3 Å². The molecule has 0 radical (unpaired) electrons. The lowest BCUT2D eigenvalue weighted by molar-refractivity contribution is -0.145. The molecule has 0 aliphatic carbocycles. The number of carbonyl (C=O) groups is 1. The standard InChI is InChI=1S/C19H27BrN4O3/c1-4-26-18(27-5-2)13-24-12-17(22-23-24)19(25)21-14(3)6-7-15-8-10-16(20)11-9-15/h8-12,14,18H,4-7,13H2,1-3H3,(H,21,25). The van der Waals surface area contributed by atoms with Gasteiger partial charge in [-0.05, 0) is 51.3 Å². The summed E-state index contributed by atoms with van der Waals surface area (Å²) in [5.74, 6) is -0.228. The maximum Gasteiger partial charge on any atom is 0.273 e. The number of ether oxygens (including phenoxy) is 2. The molecule has 0 spiro atoms. The molecule has 1 atom stereocenters. The van der Waals surface area contributed by atoms with Crippen LogP contribution in [0.2, 0.25) is 0 Å². The van der Waals surface area contributed by atoms with Gasteiger partial charge in [0.1, 0.15) is 0 Å². The molecule has 2 aromatic rings. The van der Waals surface area contributed by atoms with Gasteiger partial charge in [-0.3, -0.25) is 4.79 Å². The highest BCUT2D eigenvalue weighted by atomic mass is 79.9. The SMILES string of the molecule is CCOC(Cn1cc(C(=O)NC(C)CCc2ccc(Br)cc2)nn1)OCC. The molecule has 0 fully saturated rings. The van der Waals surface area contributed by atoms with Crippen LogP contribution in [0.1, 0.15) is 43.2 Å². The first-order chi connectivity index (χ1) is 13.0. The van der Waals surface area contributed by atoms with Gasteiger partial charge in [0.15, 0.2) is 12.0 Å². The second-order valence-electron chi connectivity index (χ2n) is 6.21. The summed E-state index contributed by atoms with van der Waals surface area (Å²) in [5.41, 5.74) is 1.53. The molecule has 0 aliphatic heterocycles. The van der Waals surface area contributed by atoms with Gasteiger partial charge in [0.2, 0.25) is 0 Å². The van der Waals surface area contributed by atoms with Gasteiger partial charge in [-0.2, -0.15) is 0 Å². The Morgan fingerprint density at radius 3 is 2.52 bits per heavy atom. The smallest absolute Gasteiger partial charge is 0.273 e. The Labute approximate surface area is 168 Å². The van der Waals surface area contributed by atoms with Crippen LogP contribution < -0.4 is 5.32 Å². The van der Waals surface area contributed by atoms with Crippen LogP contribution in [-0.4, -0.2) is 46.4 Å². The second-order valence-corrected chi connectivity index (χ2v) is 7.12. The average molecular weight is 439 g/mol. The molecule has 1 unspecified atom stereocenters. The zero-order chi connectivity index (χ0) is 19.6. The molecular formula is C19H27BrN4O3. The van der Waals surface area contributed by atoms with Gasteiger partial charge in [0, 0.05) is 23.7 Å². The minimum atomic E-state index is -0.401. The topological polar surface area (TPSA) is 78.3 Å². The summed E-state index contributed by atoms with van der Waals surface area (Å²) in [7, 11) is 0. The van der Waals surface area contributed by atoms with E-state index in [-0.39, 0.29) is 17.6 Å². The van der Waals surface area contributed by atoms with Gasteiger partial charge in [-0.25, -0.2) is 4.68 Å². The van der Waals surface area contributed by atoms with Crippen molar-refractivity contribution in [3.05, 3.63) is 46.2 Å². The third-order valence-corrected chi connectivity index (χ3v) is 4.50. The molecule has 0 bridgehead atoms. The summed E-state index contributed by atoms with van der Waals surface area (Å²) >= 11 is 3.43. The molecule has 148 valence electrons. The van der Waals surface area contributed by atoms with E-state index in [2.05, 4.69) is 43.7 Å². The van der Waals surface area contributed by atoms with E-state index in [1.165, 1.54) is 5.56 Å². The molecule has 1 heterocycles. The van der Waals surface area contributed by atoms with Crippen LogP contribution >= 0.6 is 15.9 Å². The fourth-order valence-electron chi connectivity index (χ4n) is 2.57. The van der Waals surface area contributed by atoms with Gasteiger partial charge in [0.25, 0.3) is 5.91 Å². The van der Waals surface area contributed by atoms with Gasteiger partial charge < -0.3 is 14.8 Å². The van der Waals surface area contributed by atoms with Gasteiger partial charge in [0.05, 0.1) is 12.7 Å². The molecular weight excluding hydrogens is 412 g/mol. The van der Waals surface area contributed by atoms with Crippen LogP contribution in [0.15, 0.2) is 34.9 Å². The predicted octanol–water partition coefficient (Wildman–Crippen LogP) is 3.19. The first kappa shape index (κ1) is 21.5. The van der Waals surface area contributed by atoms with Crippen LogP contribution in [0.3, 0.4) is 0 Å². The van der Waals surface area contributed by atoms with Crippen molar-refractivity contribution in [1.82, 2.24) is 20.3 Å². The lowest BCUT2D eigenvalue weighted by atomic mass is 10.1. The number of halogens is 1. The number of aromatic nitrogens is 3. The Morgan fingerprint density at radius 2 is 1.89 bits per heavy atom. The lowest BCUT2D eigenvalue weighted by Gasteiger charge is -2.16. The molecule has 7 nitrogen and oxygen atoms in total. The van der Waals surface area contributed by atoms with Crippen molar-refractivity contribution in [2.75, 3.05) is 13.2 Å². The lowest BCUT2D eigenvalue weighted by Crippen LogP contribution is -2.33. The normalized spacial score (nSPS) is 12.3. The number of hydrogen-bond acceptors (Lipinski definition) is 5. The Kier molecular flexibility index (Phi) is 8.90. The van der Waals surface area contributed by atoms with Crippen molar-refractivity contribution in [2.45, 2.75) is 52.5 Å². The van der Waals surface area contributed by atoms with Crippen molar-refractivity contribution in [1.29, 1.82) is 0 Å². The number of aryl methyl sites for hydroxylation is 1. The van der Waals surface area contributed by atoms with Crippen LogP contribution in [0, 0.1) is 0 Å². The predicted molar refractivity (Wildman–Crippen MR) is 106 cm³/mol. The Bertz CT molecular complexity index is 699. The van der Waals surface area contributed by atoms with Crippen LogP contribution in [0.5, 0.6) is 0 Å². The monoisotopic (exact) mass is 438 g/mol. The summed E-state index contributed by atoms with van der Waals surface area (Å²) in [6.07, 6.45) is 2.95. The molecule has 2 rings (SSSR count). The van der Waals surface area contributed by atoms with Crippen molar-refractivity contribution in [3.8, 4) is 0 Å². The highest BCUT2D eigenvalue weighted by Crippen LogP contribution is 2.12. The van der Waals surface area contributed by atoms with E-state index < -0.39 is 6.29 Å². The van der Waals surface area contributed by atoms with Crippen LogP contribution in [-0.2, 0) is 22.4 Å².